The van der Waals surface area contributed by atoms with E-state index >= 15 is 0 Å². The number of hydrazine groups is 1. The van der Waals surface area contributed by atoms with Crippen LogP contribution in [0.5, 0.6) is 5.75 Å². The van der Waals surface area contributed by atoms with E-state index in [0.717, 1.165) is 69.1 Å². The van der Waals surface area contributed by atoms with Gasteiger partial charge in [-0.25, -0.2) is 0 Å². The van der Waals surface area contributed by atoms with Gasteiger partial charge >= 0.3 is 0 Å². The van der Waals surface area contributed by atoms with Crippen molar-refractivity contribution in [3.8, 4) is 5.75 Å². The molecule has 6 aliphatic rings. The molecule has 7 rings (SSSR count). The Bertz CT molecular complexity index is 1220. The first-order valence-electron chi connectivity index (χ1n) is 15.8. The smallest absolute Gasteiger partial charge is 0.249 e. The summed E-state index contributed by atoms with van der Waals surface area (Å²) in [6.45, 7) is 6.62. The van der Waals surface area contributed by atoms with Crippen LogP contribution in [-0.2, 0) is 14.3 Å². The number of methoxy groups -OCH3 is 1. The third-order valence-corrected chi connectivity index (χ3v) is 9.82. The Hall–Kier alpha value is -2.94. The number of anilines is 2. The Morgan fingerprint density at radius 3 is 2.72 bits per heavy atom. The molecule has 2 amide bonds. The summed E-state index contributed by atoms with van der Waals surface area (Å²) in [6.07, 6.45) is 6.14. The zero-order chi connectivity index (χ0) is 29.5. The van der Waals surface area contributed by atoms with E-state index in [9.17, 15) is 9.59 Å². The lowest BCUT2D eigenvalue weighted by Crippen LogP contribution is -2.70. The highest BCUT2D eigenvalue weighted by Gasteiger charge is 2.53. The number of likely N-dealkylation sites (N-methyl/N-ethyl adjacent to an activating group) is 1. The number of ether oxygens (including phenoxy) is 2. The van der Waals surface area contributed by atoms with Gasteiger partial charge in [-0.15, -0.1) is 0 Å². The van der Waals surface area contributed by atoms with Gasteiger partial charge in [0, 0.05) is 75.4 Å². The Morgan fingerprint density at radius 1 is 1.02 bits per heavy atom. The van der Waals surface area contributed by atoms with Gasteiger partial charge in [-0.1, -0.05) is 12.2 Å². The fraction of sp³-hybridized carbons (Fsp3) is 0.667. The van der Waals surface area contributed by atoms with Gasteiger partial charge in [0.1, 0.15) is 24.9 Å². The van der Waals surface area contributed by atoms with Gasteiger partial charge in [-0.05, 0) is 32.4 Å². The van der Waals surface area contributed by atoms with Crippen molar-refractivity contribution in [3.63, 3.8) is 0 Å². The maximum Gasteiger partial charge on any atom is 0.249 e. The van der Waals surface area contributed by atoms with Crippen molar-refractivity contribution in [3.05, 3.63) is 30.4 Å². The Kier molecular flexibility index (Phi) is 8.18. The third-order valence-electron chi connectivity index (χ3n) is 9.82. The van der Waals surface area contributed by atoms with Gasteiger partial charge in [-0.3, -0.25) is 30.5 Å². The number of nitrogens with zero attached hydrogens (tertiary/aromatic N) is 5. The van der Waals surface area contributed by atoms with Crippen LogP contribution in [0.25, 0.3) is 0 Å². The second kappa shape index (κ2) is 12.2. The number of rotatable bonds is 4. The van der Waals surface area contributed by atoms with E-state index in [2.05, 4.69) is 67.4 Å². The van der Waals surface area contributed by atoms with Crippen molar-refractivity contribution in [2.45, 2.75) is 50.0 Å². The number of benzene rings is 1. The van der Waals surface area contributed by atoms with Crippen LogP contribution in [0.15, 0.2) is 30.4 Å². The van der Waals surface area contributed by atoms with Crippen molar-refractivity contribution in [1.29, 1.82) is 0 Å². The fourth-order valence-corrected chi connectivity index (χ4v) is 7.47. The third kappa shape index (κ3) is 5.69. The maximum absolute atomic E-state index is 13.8. The zero-order valence-electron chi connectivity index (χ0n) is 25.2. The molecule has 6 heterocycles. The fourth-order valence-electron chi connectivity index (χ4n) is 7.47. The molecule has 0 aliphatic carbocycles. The first kappa shape index (κ1) is 28.8. The molecule has 13 heteroatoms. The van der Waals surface area contributed by atoms with Crippen molar-refractivity contribution < 1.29 is 19.1 Å². The minimum absolute atomic E-state index is 0.0249. The number of nitrogens with one attached hydrogen (secondary N) is 4. The number of carbonyl (C=O) groups excluding carboxylic acids is 2. The number of carbonyl (C=O) groups is 2. The average Bonchev–Trinajstić information content (AvgIpc) is 3.29. The van der Waals surface area contributed by atoms with E-state index in [-0.39, 0.29) is 55.1 Å². The van der Waals surface area contributed by atoms with Gasteiger partial charge in [0.25, 0.3) is 0 Å². The summed E-state index contributed by atoms with van der Waals surface area (Å²) in [5.41, 5.74) is 2.09. The molecule has 1 aromatic rings. The summed E-state index contributed by atoms with van der Waals surface area (Å²) >= 11 is 0. The van der Waals surface area contributed by atoms with Crippen LogP contribution in [-0.4, -0.2) is 136 Å². The number of fused-ring (bicyclic) bond motifs is 5. The van der Waals surface area contributed by atoms with E-state index in [1.807, 2.05) is 16.0 Å². The molecule has 4 N–H and O–H groups in total. The van der Waals surface area contributed by atoms with Crippen LogP contribution >= 0.6 is 0 Å². The topological polar surface area (TPSA) is 117 Å². The minimum atomic E-state index is -0.251. The Morgan fingerprint density at radius 2 is 1.88 bits per heavy atom. The number of morpholine rings is 1. The van der Waals surface area contributed by atoms with Crippen LogP contribution in [0, 0.1) is 5.92 Å². The van der Waals surface area contributed by atoms with Crippen molar-refractivity contribution in [2.24, 2.45) is 5.92 Å². The Labute approximate surface area is 253 Å². The molecule has 234 valence electrons. The summed E-state index contributed by atoms with van der Waals surface area (Å²) in [5.74, 6) is 0.761. The molecule has 0 aromatic heterocycles. The van der Waals surface area contributed by atoms with Crippen LogP contribution in [0.1, 0.15) is 19.3 Å². The molecule has 5 fully saturated rings. The summed E-state index contributed by atoms with van der Waals surface area (Å²) in [7, 11) is 3.86. The molecule has 0 spiro atoms. The number of allylic oxidation sites excluding steroid dienone is 1. The lowest BCUT2D eigenvalue weighted by Gasteiger charge is -2.50. The molecule has 13 nitrogen and oxygen atoms in total. The molecule has 0 radical (unpaired) electrons. The van der Waals surface area contributed by atoms with Gasteiger partial charge in [-0.2, -0.15) is 5.01 Å². The van der Waals surface area contributed by atoms with Crippen molar-refractivity contribution >= 4 is 23.2 Å². The van der Waals surface area contributed by atoms with Gasteiger partial charge in [0.15, 0.2) is 0 Å². The minimum Gasteiger partial charge on any atom is -0.497 e. The number of amides is 2. The van der Waals surface area contributed by atoms with Crippen LogP contribution in [0.4, 0.5) is 11.4 Å². The number of piperazine rings is 1. The molecule has 2 bridgehead atoms. The lowest BCUT2D eigenvalue weighted by molar-refractivity contribution is -0.172. The number of piperidine rings is 1. The molecule has 6 aliphatic heterocycles. The highest BCUT2D eigenvalue weighted by Crippen LogP contribution is 2.34. The molecule has 6 unspecified atom stereocenters. The van der Waals surface area contributed by atoms with E-state index in [0.29, 0.717) is 19.6 Å². The second-order valence-corrected chi connectivity index (χ2v) is 12.5. The quantitative estimate of drug-likeness (QED) is 0.341. The van der Waals surface area contributed by atoms with Crippen LogP contribution in [0.3, 0.4) is 0 Å². The second-order valence-electron chi connectivity index (χ2n) is 12.5. The highest BCUT2D eigenvalue weighted by molar-refractivity contribution is 5.82. The molecule has 5 saturated heterocycles. The van der Waals surface area contributed by atoms with Crippen molar-refractivity contribution in [1.82, 2.24) is 35.8 Å². The normalized spacial score (nSPS) is 34.6. The molecule has 0 saturated carbocycles. The predicted octanol–water partition coefficient (Wildman–Crippen LogP) is -0.398. The first-order valence-corrected chi connectivity index (χ1v) is 15.8. The average molecular weight is 596 g/mol. The van der Waals surface area contributed by atoms with Gasteiger partial charge < -0.3 is 29.5 Å². The largest absolute Gasteiger partial charge is 0.497 e. The SMILES string of the molecule is COc1cc(NC2NCC3C(=O)N4C/C=C\CCCN5C(=O)COC6NCC(CC65)N4C3N2)cc(N2CCN(C)CC2)c1. The van der Waals surface area contributed by atoms with Crippen molar-refractivity contribution in [2.75, 3.05) is 83.3 Å². The zero-order valence-corrected chi connectivity index (χ0v) is 25.2. The highest BCUT2D eigenvalue weighted by atomic mass is 16.5. The van der Waals surface area contributed by atoms with Gasteiger partial charge in [0.05, 0.1) is 31.8 Å². The molecule has 43 heavy (non-hydrogen) atoms. The van der Waals surface area contributed by atoms with E-state index in [1.54, 1.807) is 7.11 Å². The van der Waals surface area contributed by atoms with E-state index in [1.165, 1.54) is 0 Å². The Balaban J connectivity index is 1.12. The summed E-state index contributed by atoms with van der Waals surface area (Å²) in [5, 5.41) is 18.6. The number of hydrogen-bond donors (Lipinski definition) is 4. The monoisotopic (exact) mass is 595 g/mol. The van der Waals surface area contributed by atoms with E-state index in [4.69, 9.17) is 9.47 Å². The van der Waals surface area contributed by atoms with E-state index < -0.39 is 0 Å². The van der Waals surface area contributed by atoms with Crippen LogP contribution in [0.2, 0.25) is 0 Å². The maximum atomic E-state index is 13.8. The van der Waals surface area contributed by atoms with Gasteiger partial charge in [0.2, 0.25) is 11.8 Å². The summed E-state index contributed by atoms with van der Waals surface area (Å²) in [4.78, 5) is 33.4. The molecular weight excluding hydrogens is 550 g/mol. The molecular formula is C30H45N9O4. The standard InChI is InChI=1S/C30H45N9O4/c1-35-9-11-36(12-10-35)21-13-20(14-23(15-21)42-2)33-30-32-18-24-27(34-30)39-22-16-25-28(31-17-22)43-19-26(40)37(25)7-5-3-4-6-8-38(39)29(24)41/h4,6,13-15,22,24-25,27-28,30-34H,3,5,7-12,16-19H2,1-2H3/b6-4-. The summed E-state index contributed by atoms with van der Waals surface area (Å²) in [6, 6.07) is 6.26. The predicted molar refractivity (Wildman–Crippen MR) is 162 cm³/mol. The lowest BCUT2D eigenvalue weighted by atomic mass is 9.95. The first-order chi connectivity index (χ1) is 21.0. The molecule has 6 atom stereocenters. The molecule has 1 aromatic carbocycles. The number of hydrogen-bond acceptors (Lipinski definition) is 11. The van der Waals surface area contributed by atoms with Crippen LogP contribution < -0.4 is 30.9 Å². The summed E-state index contributed by atoms with van der Waals surface area (Å²) < 4.78 is 11.6.